The summed E-state index contributed by atoms with van der Waals surface area (Å²) in [5.74, 6) is 0.330. The molecule has 0 aromatic heterocycles. The van der Waals surface area contributed by atoms with E-state index >= 15 is 0 Å². The highest BCUT2D eigenvalue weighted by molar-refractivity contribution is 7.89. The summed E-state index contributed by atoms with van der Waals surface area (Å²) in [7, 11) is -3.39. The lowest BCUT2D eigenvalue weighted by Crippen LogP contribution is -2.32. The number of rotatable bonds is 3. The molecule has 3 nitrogen and oxygen atoms in total. The van der Waals surface area contributed by atoms with Crippen molar-refractivity contribution in [1.82, 2.24) is 4.31 Å². The Morgan fingerprint density at radius 1 is 1.25 bits per heavy atom. The number of benzene rings is 1. The largest absolute Gasteiger partial charge is 0.243 e. The molecule has 0 aliphatic carbocycles. The fraction of sp³-hybridized carbons (Fsp3) is 0.600. The summed E-state index contributed by atoms with van der Waals surface area (Å²) in [6.45, 7) is 5.62. The number of hydrogen-bond donors (Lipinski definition) is 0. The third kappa shape index (κ3) is 3.54. The number of sulfonamides is 1. The van der Waals surface area contributed by atoms with Gasteiger partial charge in [0.05, 0.1) is 4.90 Å². The van der Waals surface area contributed by atoms with E-state index in [2.05, 4.69) is 13.8 Å². The Kier molecular flexibility index (Phi) is 4.77. The summed E-state index contributed by atoms with van der Waals surface area (Å²) in [6.07, 6.45) is 2.89. The zero-order valence-electron chi connectivity index (χ0n) is 12.1. The van der Waals surface area contributed by atoms with Crippen LogP contribution in [-0.4, -0.2) is 25.8 Å². The van der Waals surface area contributed by atoms with Crippen molar-refractivity contribution in [1.29, 1.82) is 0 Å². The molecule has 5 heteroatoms. The summed E-state index contributed by atoms with van der Waals surface area (Å²) in [5, 5.41) is 0. The third-order valence-corrected chi connectivity index (χ3v) is 6.19. The van der Waals surface area contributed by atoms with Gasteiger partial charge in [-0.3, -0.25) is 0 Å². The highest BCUT2D eigenvalue weighted by Gasteiger charge is 2.30. The second-order valence-electron chi connectivity index (χ2n) is 6.20. The average Bonchev–Trinajstić information content (AvgIpc) is 2.60. The minimum Gasteiger partial charge on any atom is -0.207 e. The molecular formula is C15H22ClNO2S. The van der Waals surface area contributed by atoms with E-state index in [4.69, 9.17) is 11.6 Å². The van der Waals surface area contributed by atoms with Crippen LogP contribution in [0.25, 0.3) is 0 Å². The van der Waals surface area contributed by atoms with Crippen LogP contribution >= 0.6 is 11.6 Å². The molecule has 0 amide bonds. The van der Waals surface area contributed by atoms with Crippen LogP contribution in [0.15, 0.2) is 29.2 Å². The van der Waals surface area contributed by atoms with Crippen molar-refractivity contribution in [3.8, 4) is 0 Å². The molecule has 112 valence electrons. The van der Waals surface area contributed by atoms with Gasteiger partial charge >= 0.3 is 0 Å². The van der Waals surface area contributed by atoms with Crippen LogP contribution < -0.4 is 0 Å². The van der Waals surface area contributed by atoms with Crippen LogP contribution in [0.4, 0.5) is 0 Å². The highest BCUT2D eigenvalue weighted by Crippen LogP contribution is 2.31. The van der Waals surface area contributed by atoms with Crippen LogP contribution in [0, 0.1) is 5.41 Å². The van der Waals surface area contributed by atoms with Gasteiger partial charge in [-0.2, -0.15) is 4.31 Å². The second-order valence-corrected chi connectivity index (χ2v) is 8.41. The van der Waals surface area contributed by atoms with Crippen molar-refractivity contribution in [2.24, 2.45) is 5.41 Å². The van der Waals surface area contributed by atoms with Gasteiger partial charge < -0.3 is 0 Å². The highest BCUT2D eigenvalue weighted by atomic mass is 35.5. The fourth-order valence-corrected chi connectivity index (χ4v) is 4.29. The molecule has 0 atom stereocenters. The molecule has 0 unspecified atom stereocenters. The van der Waals surface area contributed by atoms with E-state index < -0.39 is 10.0 Å². The van der Waals surface area contributed by atoms with Gasteiger partial charge in [-0.1, -0.05) is 26.0 Å². The van der Waals surface area contributed by atoms with Crippen LogP contribution in [0.1, 0.15) is 38.7 Å². The Balaban J connectivity index is 2.25. The van der Waals surface area contributed by atoms with Gasteiger partial charge in [0.15, 0.2) is 0 Å². The summed E-state index contributed by atoms with van der Waals surface area (Å²) in [6, 6.07) is 6.93. The van der Waals surface area contributed by atoms with Gasteiger partial charge in [0.2, 0.25) is 10.0 Å². The molecule has 1 fully saturated rings. The normalized spacial score (nSPS) is 20.6. The lowest BCUT2D eigenvalue weighted by molar-refractivity contribution is 0.315. The molecule has 0 bridgehead atoms. The van der Waals surface area contributed by atoms with Crippen molar-refractivity contribution in [3.05, 3.63) is 29.8 Å². The van der Waals surface area contributed by atoms with E-state index in [1.165, 1.54) is 0 Å². The number of nitrogens with zero attached hydrogens (tertiary/aromatic N) is 1. The Labute approximate surface area is 127 Å². The lowest BCUT2D eigenvalue weighted by atomic mass is 9.85. The van der Waals surface area contributed by atoms with Gasteiger partial charge in [0, 0.05) is 19.0 Å². The molecule has 1 aromatic carbocycles. The van der Waals surface area contributed by atoms with Crippen LogP contribution in [0.2, 0.25) is 0 Å². The predicted molar refractivity (Wildman–Crippen MR) is 82.4 cm³/mol. The van der Waals surface area contributed by atoms with Crippen LogP contribution in [0.3, 0.4) is 0 Å². The summed E-state index contributed by atoms with van der Waals surface area (Å²) >= 11 is 5.79. The van der Waals surface area contributed by atoms with Gasteiger partial charge in [0.1, 0.15) is 0 Å². The molecule has 1 saturated heterocycles. The standard InChI is InChI=1S/C15H22ClNO2S/c1-15(2)7-4-9-17(10-8-15)20(18,19)14-6-3-5-13(11-14)12-16/h3,5-6,11H,4,7-10,12H2,1-2H3. The average molecular weight is 316 g/mol. The molecular weight excluding hydrogens is 294 g/mol. The maximum Gasteiger partial charge on any atom is 0.243 e. The van der Waals surface area contributed by atoms with E-state index in [-0.39, 0.29) is 5.41 Å². The number of halogens is 1. The summed E-state index contributed by atoms with van der Waals surface area (Å²) in [5.41, 5.74) is 1.06. The van der Waals surface area contributed by atoms with E-state index in [1.54, 1.807) is 22.5 Å². The Bertz CT molecular complexity index is 569. The zero-order valence-corrected chi connectivity index (χ0v) is 13.7. The second kappa shape index (κ2) is 6.04. The Hall–Kier alpha value is -0.580. The SMILES string of the molecule is CC1(C)CCCN(S(=O)(=O)c2cccc(CCl)c2)CC1. The minimum atomic E-state index is -3.39. The van der Waals surface area contributed by atoms with Gasteiger partial charge in [-0.25, -0.2) is 8.42 Å². The topological polar surface area (TPSA) is 37.4 Å². The Morgan fingerprint density at radius 2 is 2.00 bits per heavy atom. The smallest absolute Gasteiger partial charge is 0.207 e. The quantitative estimate of drug-likeness (QED) is 0.799. The number of hydrogen-bond acceptors (Lipinski definition) is 2. The van der Waals surface area contributed by atoms with Crippen molar-refractivity contribution < 1.29 is 8.42 Å². The van der Waals surface area contributed by atoms with Crippen LogP contribution in [0.5, 0.6) is 0 Å². The maximum absolute atomic E-state index is 12.7. The molecule has 1 aliphatic rings. The molecule has 0 radical (unpaired) electrons. The van der Waals surface area contributed by atoms with Gasteiger partial charge in [-0.05, 0) is 42.4 Å². The molecule has 1 heterocycles. The molecule has 1 aromatic rings. The Morgan fingerprint density at radius 3 is 2.70 bits per heavy atom. The third-order valence-electron chi connectivity index (χ3n) is 3.99. The molecule has 0 spiro atoms. The summed E-state index contributed by atoms with van der Waals surface area (Å²) < 4.78 is 27.0. The molecule has 1 aliphatic heterocycles. The van der Waals surface area contributed by atoms with E-state index in [0.29, 0.717) is 23.9 Å². The molecule has 2 rings (SSSR count). The van der Waals surface area contributed by atoms with Crippen molar-refractivity contribution in [3.63, 3.8) is 0 Å². The first-order chi connectivity index (χ1) is 9.35. The molecule has 0 saturated carbocycles. The minimum absolute atomic E-state index is 0.224. The van der Waals surface area contributed by atoms with E-state index in [0.717, 1.165) is 24.8 Å². The van der Waals surface area contributed by atoms with Gasteiger partial charge in [-0.15, -0.1) is 11.6 Å². The first kappa shape index (κ1) is 15.8. The van der Waals surface area contributed by atoms with Gasteiger partial charge in [0.25, 0.3) is 0 Å². The predicted octanol–water partition coefficient (Wildman–Crippen LogP) is 3.63. The van der Waals surface area contributed by atoms with E-state index in [1.807, 2.05) is 6.07 Å². The zero-order chi connectivity index (χ0) is 14.8. The van der Waals surface area contributed by atoms with E-state index in [9.17, 15) is 8.42 Å². The van der Waals surface area contributed by atoms with Crippen molar-refractivity contribution in [2.75, 3.05) is 13.1 Å². The summed E-state index contributed by atoms with van der Waals surface area (Å²) in [4.78, 5) is 0.357. The molecule has 20 heavy (non-hydrogen) atoms. The monoisotopic (exact) mass is 315 g/mol. The fourth-order valence-electron chi connectivity index (χ4n) is 2.58. The first-order valence-electron chi connectivity index (χ1n) is 7.00. The molecule has 0 N–H and O–H groups in total. The lowest BCUT2D eigenvalue weighted by Gasteiger charge is -2.23. The first-order valence-corrected chi connectivity index (χ1v) is 8.98. The van der Waals surface area contributed by atoms with Crippen molar-refractivity contribution in [2.45, 2.75) is 43.9 Å². The van der Waals surface area contributed by atoms with Crippen LogP contribution in [-0.2, 0) is 15.9 Å². The number of alkyl halides is 1. The maximum atomic E-state index is 12.7. The van der Waals surface area contributed by atoms with Crippen molar-refractivity contribution >= 4 is 21.6 Å².